The molecule has 7 heteroatoms. The molecule has 3 amide bonds. The van der Waals surface area contributed by atoms with Crippen molar-refractivity contribution in [1.29, 1.82) is 0 Å². The maximum absolute atomic E-state index is 13.3. The molecule has 1 heterocycles. The summed E-state index contributed by atoms with van der Waals surface area (Å²) in [5.74, 6) is -1.72. The van der Waals surface area contributed by atoms with Crippen molar-refractivity contribution in [1.82, 2.24) is 0 Å². The molecule has 0 aliphatic carbocycles. The average Bonchev–Trinajstić information content (AvgIpc) is 2.76. The highest BCUT2D eigenvalue weighted by Crippen LogP contribution is 2.34. The van der Waals surface area contributed by atoms with Crippen molar-refractivity contribution in [3.05, 3.63) is 90.2 Å². The van der Waals surface area contributed by atoms with E-state index in [1.807, 2.05) is 0 Å². The van der Waals surface area contributed by atoms with Crippen molar-refractivity contribution in [3.8, 4) is 0 Å². The molecule has 0 radical (unpaired) electrons. The van der Waals surface area contributed by atoms with Crippen LogP contribution in [-0.2, 0) is 9.59 Å². The monoisotopic (exact) mass is 403 g/mol. The third kappa shape index (κ3) is 3.91. The van der Waals surface area contributed by atoms with E-state index in [1.165, 1.54) is 29.2 Å². The number of carbonyl (C=O) groups excluding carboxylic acids is 3. The number of nitrogens with zero attached hydrogens (tertiary/aromatic N) is 1. The van der Waals surface area contributed by atoms with Crippen LogP contribution in [0.2, 0.25) is 0 Å². The molecule has 0 aromatic heterocycles. The van der Waals surface area contributed by atoms with Gasteiger partial charge in [0.15, 0.2) is 0 Å². The Balaban J connectivity index is 1.64. The molecule has 6 nitrogen and oxygen atoms in total. The fraction of sp³-hybridized carbons (Fsp3) is 0.0870. The van der Waals surface area contributed by atoms with Gasteiger partial charge < -0.3 is 10.6 Å². The van der Waals surface area contributed by atoms with Crippen LogP contribution in [-0.4, -0.2) is 23.8 Å². The van der Waals surface area contributed by atoms with Crippen LogP contribution in [0, 0.1) is 5.82 Å². The van der Waals surface area contributed by atoms with E-state index >= 15 is 0 Å². The van der Waals surface area contributed by atoms with Gasteiger partial charge in [-0.1, -0.05) is 30.3 Å². The lowest BCUT2D eigenvalue weighted by atomic mass is 10.0. The zero-order valence-electron chi connectivity index (χ0n) is 15.8. The highest BCUT2D eigenvalue weighted by molar-refractivity contribution is 6.17. The maximum atomic E-state index is 13.3. The van der Waals surface area contributed by atoms with Crippen molar-refractivity contribution < 1.29 is 18.8 Å². The Kier molecular flexibility index (Phi) is 5.26. The van der Waals surface area contributed by atoms with E-state index in [9.17, 15) is 18.8 Å². The summed E-state index contributed by atoms with van der Waals surface area (Å²) in [6.45, 7) is 0. The first kappa shape index (κ1) is 19.3. The summed E-state index contributed by atoms with van der Waals surface area (Å²) >= 11 is 0. The van der Waals surface area contributed by atoms with Gasteiger partial charge in [-0.2, -0.15) is 0 Å². The van der Waals surface area contributed by atoms with E-state index < -0.39 is 23.7 Å². The van der Waals surface area contributed by atoms with Crippen LogP contribution < -0.4 is 15.5 Å². The summed E-state index contributed by atoms with van der Waals surface area (Å²) in [5, 5.41) is 5.40. The molecular weight excluding hydrogens is 385 g/mol. The topological polar surface area (TPSA) is 78.5 Å². The van der Waals surface area contributed by atoms with E-state index in [1.54, 1.807) is 54.6 Å². The summed E-state index contributed by atoms with van der Waals surface area (Å²) < 4.78 is 13.1. The highest BCUT2D eigenvalue weighted by atomic mass is 19.1. The van der Waals surface area contributed by atoms with Crippen molar-refractivity contribution in [2.75, 3.05) is 15.5 Å². The Labute approximate surface area is 172 Å². The third-order valence-electron chi connectivity index (χ3n) is 4.78. The average molecular weight is 403 g/mol. The number of hydrogen-bond acceptors (Lipinski definition) is 3. The molecule has 1 aliphatic rings. The second kappa shape index (κ2) is 8.16. The van der Waals surface area contributed by atoms with Crippen molar-refractivity contribution >= 4 is 34.8 Å². The summed E-state index contributed by atoms with van der Waals surface area (Å²) in [4.78, 5) is 40.0. The number of hydrogen-bond donors (Lipinski definition) is 2. The summed E-state index contributed by atoms with van der Waals surface area (Å²) in [7, 11) is 0. The van der Waals surface area contributed by atoms with Crippen LogP contribution >= 0.6 is 0 Å². The van der Waals surface area contributed by atoms with Crippen molar-refractivity contribution in [3.63, 3.8) is 0 Å². The Morgan fingerprint density at radius 1 is 0.933 bits per heavy atom. The molecule has 0 bridgehead atoms. The van der Waals surface area contributed by atoms with Crippen LogP contribution in [0.1, 0.15) is 16.8 Å². The highest BCUT2D eigenvalue weighted by Gasteiger charge is 2.38. The second-order valence-electron chi connectivity index (χ2n) is 6.82. The van der Waals surface area contributed by atoms with Crippen LogP contribution in [0.3, 0.4) is 0 Å². The first-order valence-electron chi connectivity index (χ1n) is 9.37. The van der Waals surface area contributed by atoms with Gasteiger partial charge in [0.2, 0.25) is 11.8 Å². The van der Waals surface area contributed by atoms with Crippen molar-refractivity contribution in [2.45, 2.75) is 12.5 Å². The van der Waals surface area contributed by atoms with Gasteiger partial charge in [-0.05, 0) is 48.5 Å². The van der Waals surface area contributed by atoms with E-state index in [0.717, 1.165) is 0 Å². The van der Waals surface area contributed by atoms with Gasteiger partial charge in [0.05, 0.1) is 17.8 Å². The predicted molar refractivity (Wildman–Crippen MR) is 112 cm³/mol. The zero-order chi connectivity index (χ0) is 21.1. The molecule has 0 spiro atoms. The van der Waals surface area contributed by atoms with Gasteiger partial charge in [-0.3, -0.25) is 19.3 Å². The Morgan fingerprint density at radius 3 is 2.33 bits per heavy atom. The number of halogens is 1. The molecule has 0 saturated carbocycles. The number of carbonyl (C=O) groups is 3. The van der Waals surface area contributed by atoms with Gasteiger partial charge in [0.1, 0.15) is 11.9 Å². The van der Waals surface area contributed by atoms with Crippen molar-refractivity contribution in [2.24, 2.45) is 0 Å². The zero-order valence-corrected chi connectivity index (χ0v) is 15.8. The van der Waals surface area contributed by atoms with Crippen LogP contribution in [0.15, 0.2) is 78.9 Å². The van der Waals surface area contributed by atoms with E-state index in [2.05, 4.69) is 10.6 Å². The quantitative estimate of drug-likeness (QED) is 0.695. The number of fused-ring (bicyclic) bond motifs is 1. The number of benzene rings is 3. The Morgan fingerprint density at radius 2 is 1.60 bits per heavy atom. The molecular formula is C23H18FN3O3. The van der Waals surface area contributed by atoms with Crippen LogP contribution in [0.25, 0.3) is 0 Å². The van der Waals surface area contributed by atoms with Gasteiger partial charge in [-0.15, -0.1) is 0 Å². The maximum Gasteiger partial charge on any atom is 0.259 e. The minimum absolute atomic E-state index is 0.254. The molecule has 150 valence electrons. The first-order chi connectivity index (χ1) is 14.5. The summed E-state index contributed by atoms with van der Waals surface area (Å²) in [5.41, 5.74) is 1.83. The van der Waals surface area contributed by atoms with Gasteiger partial charge in [0, 0.05) is 11.3 Å². The fourth-order valence-electron chi connectivity index (χ4n) is 3.37. The van der Waals surface area contributed by atoms with Crippen LogP contribution in [0.4, 0.5) is 21.5 Å². The molecule has 0 saturated heterocycles. The minimum Gasteiger partial charge on any atom is -0.326 e. The summed E-state index contributed by atoms with van der Waals surface area (Å²) in [6, 6.07) is 19.8. The second-order valence-corrected chi connectivity index (χ2v) is 6.82. The van der Waals surface area contributed by atoms with E-state index in [0.29, 0.717) is 22.6 Å². The first-order valence-corrected chi connectivity index (χ1v) is 9.37. The molecule has 4 rings (SSSR count). The minimum atomic E-state index is -1.03. The molecule has 3 aromatic rings. The predicted octanol–water partition coefficient (Wildman–Crippen LogP) is 3.82. The Bertz CT molecular complexity index is 1100. The molecule has 3 aromatic carbocycles. The largest absolute Gasteiger partial charge is 0.326 e. The molecule has 1 atom stereocenters. The lowest BCUT2D eigenvalue weighted by molar-refractivity contribution is -0.122. The molecule has 30 heavy (non-hydrogen) atoms. The molecule has 1 unspecified atom stereocenters. The number of rotatable bonds is 4. The standard InChI is InChI=1S/C23H18FN3O3/c24-16-10-12-17(13-11-16)25-21(28)14-20-22(29)26-18-8-4-5-9-19(18)27(20)23(30)15-6-2-1-3-7-15/h1-13,20H,14H2,(H,25,28)(H,26,29). The lowest BCUT2D eigenvalue weighted by Crippen LogP contribution is -2.52. The number of para-hydroxylation sites is 2. The van der Waals surface area contributed by atoms with Gasteiger partial charge in [-0.25, -0.2) is 4.39 Å². The normalized spacial score (nSPS) is 15.2. The number of nitrogens with one attached hydrogen (secondary N) is 2. The van der Waals surface area contributed by atoms with Gasteiger partial charge >= 0.3 is 0 Å². The van der Waals surface area contributed by atoms with Crippen LogP contribution in [0.5, 0.6) is 0 Å². The number of anilines is 3. The molecule has 0 fully saturated rings. The third-order valence-corrected chi connectivity index (χ3v) is 4.78. The molecule has 1 aliphatic heterocycles. The van der Waals surface area contributed by atoms with Gasteiger partial charge in [0.25, 0.3) is 5.91 Å². The fourth-order valence-corrected chi connectivity index (χ4v) is 3.37. The molecule has 2 N–H and O–H groups in total. The summed E-state index contributed by atoms with van der Waals surface area (Å²) in [6.07, 6.45) is -0.254. The SMILES string of the molecule is O=C(CC1C(=O)Nc2ccccc2N1C(=O)c1ccccc1)Nc1ccc(F)cc1. The number of amides is 3. The van der Waals surface area contributed by atoms with E-state index in [4.69, 9.17) is 0 Å². The van der Waals surface area contributed by atoms with E-state index in [-0.39, 0.29) is 12.3 Å². The lowest BCUT2D eigenvalue weighted by Gasteiger charge is -2.36. The Hall–Kier alpha value is -4.00. The smallest absolute Gasteiger partial charge is 0.259 e.